The average Bonchev–Trinajstić information content (AvgIpc) is 2.90. The van der Waals surface area contributed by atoms with Crippen LogP contribution in [0.1, 0.15) is 0 Å². The fourth-order valence-electron chi connectivity index (χ4n) is 5.51. The van der Waals surface area contributed by atoms with E-state index >= 15 is 0 Å². The summed E-state index contributed by atoms with van der Waals surface area (Å²) in [6.45, 7) is 4.96. The summed E-state index contributed by atoms with van der Waals surface area (Å²) in [6, 6.07) is 45.6. The van der Waals surface area contributed by atoms with Crippen molar-refractivity contribution in [1.82, 2.24) is 0 Å². The summed E-state index contributed by atoms with van der Waals surface area (Å²) in [6.07, 6.45) is 0. The van der Waals surface area contributed by atoms with Crippen molar-refractivity contribution in [3.8, 4) is 22.3 Å². The van der Waals surface area contributed by atoms with E-state index < -0.39 is 8.24 Å². The number of benzene rings is 5. The third kappa shape index (κ3) is 3.65. The summed E-state index contributed by atoms with van der Waals surface area (Å²) >= 11 is 0. The van der Waals surface area contributed by atoms with Crippen LogP contribution in [-0.4, -0.2) is 8.24 Å². The Morgan fingerprint density at radius 1 is 0.514 bits per heavy atom. The Hall–Kier alpha value is -4.08. The van der Waals surface area contributed by atoms with E-state index in [9.17, 15) is 0 Å². The zero-order chi connectivity index (χ0) is 23.8. The molecule has 0 fully saturated rings. The molecule has 2 nitrogen and oxygen atoms in total. The van der Waals surface area contributed by atoms with Crippen LogP contribution in [0.25, 0.3) is 22.3 Å². The van der Waals surface area contributed by atoms with Gasteiger partial charge in [-0.2, -0.15) is 0 Å². The van der Waals surface area contributed by atoms with Crippen molar-refractivity contribution in [1.29, 1.82) is 0 Å². The first-order chi connectivity index (χ1) is 17.1. The monoisotopic (exact) mass is 468 g/mol. The molecule has 0 bridgehead atoms. The molecule has 1 heterocycles. The summed E-state index contributed by atoms with van der Waals surface area (Å²) in [7, 11) is -2.17. The van der Waals surface area contributed by atoms with Crippen LogP contribution < -0.4 is 15.1 Å². The van der Waals surface area contributed by atoms with E-state index in [4.69, 9.17) is 0 Å². The van der Waals surface area contributed by atoms with Gasteiger partial charge in [0.1, 0.15) is 0 Å². The Labute approximate surface area is 208 Å². The fourth-order valence-corrected chi connectivity index (χ4v) is 9.08. The van der Waals surface area contributed by atoms with Crippen LogP contribution in [0.2, 0.25) is 13.1 Å². The quantitative estimate of drug-likeness (QED) is 0.267. The van der Waals surface area contributed by atoms with E-state index in [-0.39, 0.29) is 0 Å². The van der Waals surface area contributed by atoms with Crippen LogP contribution in [0.5, 0.6) is 0 Å². The lowest BCUT2D eigenvalue weighted by Crippen LogP contribution is -2.59. The van der Waals surface area contributed by atoms with Gasteiger partial charge in [-0.15, -0.1) is 0 Å². The van der Waals surface area contributed by atoms with Crippen molar-refractivity contribution < 1.29 is 0 Å². The third-order valence-electron chi connectivity index (χ3n) is 6.95. The molecule has 1 aliphatic rings. The second-order valence-corrected chi connectivity index (χ2v) is 13.6. The molecule has 1 aliphatic heterocycles. The van der Waals surface area contributed by atoms with Crippen molar-refractivity contribution in [3.63, 3.8) is 0 Å². The molecule has 5 aromatic rings. The maximum atomic E-state index is 3.67. The zero-order valence-corrected chi connectivity index (χ0v) is 21.1. The summed E-state index contributed by atoms with van der Waals surface area (Å²) in [4.78, 5) is 0. The largest absolute Gasteiger partial charge is 0.364 e. The highest BCUT2D eigenvalue weighted by molar-refractivity contribution is 6.96. The smallest absolute Gasteiger partial charge is 0.188 e. The number of nitrogens with zero attached hydrogens (tertiary/aromatic N) is 1. The second kappa shape index (κ2) is 8.61. The molecular weight excluding hydrogens is 440 g/mol. The van der Waals surface area contributed by atoms with Gasteiger partial charge in [0.2, 0.25) is 0 Å². The van der Waals surface area contributed by atoms with Crippen molar-refractivity contribution in [2.75, 3.05) is 9.88 Å². The molecule has 3 heteroatoms. The highest BCUT2D eigenvalue weighted by Gasteiger charge is 2.42. The van der Waals surface area contributed by atoms with Gasteiger partial charge in [0.25, 0.3) is 0 Å². The molecule has 0 amide bonds. The molecule has 0 saturated heterocycles. The molecule has 0 unspecified atom stereocenters. The lowest BCUT2D eigenvalue weighted by atomic mass is 9.96. The first kappa shape index (κ1) is 21.5. The van der Waals surface area contributed by atoms with Crippen LogP contribution in [0.4, 0.5) is 22.7 Å². The molecule has 0 radical (unpaired) electrons. The predicted molar refractivity (Wildman–Crippen MR) is 153 cm³/mol. The predicted octanol–water partition coefficient (Wildman–Crippen LogP) is 8.33. The van der Waals surface area contributed by atoms with Gasteiger partial charge in [0, 0.05) is 33.9 Å². The highest BCUT2D eigenvalue weighted by Crippen LogP contribution is 2.45. The van der Waals surface area contributed by atoms with Gasteiger partial charge < -0.3 is 9.88 Å². The number of rotatable bonds is 4. The molecular formula is C32H28N2Si. The maximum absolute atomic E-state index is 3.67. The van der Waals surface area contributed by atoms with Gasteiger partial charge in [0.15, 0.2) is 8.24 Å². The number of hydrogen-bond donors (Lipinski definition) is 1. The van der Waals surface area contributed by atoms with E-state index in [0.29, 0.717) is 0 Å². The lowest BCUT2D eigenvalue weighted by molar-refractivity contribution is 1.31. The van der Waals surface area contributed by atoms with E-state index in [1.807, 2.05) is 6.07 Å². The van der Waals surface area contributed by atoms with Gasteiger partial charge >= 0.3 is 0 Å². The standard InChI is InChI=1S/C32H28N2Si/c1-35(2)32-28(26-18-9-11-22-30(26)33-24-14-5-3-6-15-24)20-13-21-29(32)27-19-10-12-23-31(27)34(35)25-16-7-4-8-17-25/h3-23,33H,1-2H3. The fraction of sp³-hybridized carbons (Fsp3) is 0.0625. The molecule has 0 aromatic heterocycles. The molecule has 0 saturated carbocycles. The Balaban J connectivity index is 1.59. The van der Waals surface area contributed by atoms with Crippen LogP contribution in [0, 0.1) is 0 Å². The minimum Gasteiger partial charge on any atom is -0.364 e. The van der Waals surface area contributed by atoms with Gasteiger partial charge in [-0.25, -0.2) is 0 Å². The topological polar surface area (TPSA) is 15.3 Å². The SMILES string of the molecule is C[Si]1(C)c2c(-c3ccccc3Nc3ccccc3)cccc2-c2ccccc2N1c1ccccc1. The van der Waals surface area contributed by atoms with Crippen molar-refractivity contribution in [2.24, 2.45) is 0 Å². The first-order valence-corrected chi connectivity index (χ1v) is 15.1. The number of hydrogen-bond acceptors (Lipinski definition) is 2. The van der Waals surface area contributed by atoms with E-state index in [1.54, 1.807) is 0 Å². The number of nitrogens with one attached hydrogen (secondary N) is 1. The summed E-state index contributed by atoms with van der Waals surface area (Å²) in [5, 5.41) is 5.15. The minimum absolute atomic E-state index is 1.09. The van der Waals surface area contributed by atoms with E-state index in [1.165, 1.54) is 38.8 Å². The molecule has 1 N–H and O–H groups in total. The summed E-state index contributed by atoms with van der Waals surface area (Å²) < 4.78 is 2.63. The van der Waals surface area contributed by atoms with Crippen LogP contribution >= 0.6 is 0 Å². The van der Waals surface area contributed by atoms with Crippen LogP contribution in [0.15, 0.2) is 127 Å². The van der Waals surface area contributed by atoms with Crippen LogP contribution in [-0.2, 0) is 0 Å². The second-order valence-electron chi connectivity index (χ2n) is 9.51. The van der Waals surface area contributed by atoms with Crippen molar-refractivity contribution in [2.45, 2.75) is 13.1 Å². The molecule has 0 atom stereocenters. The lowest BCUT2D eigenvalue weighted by Gasteiger charge is -2.46. The molecule has 6 rings (SSSR count). The Kier molecular flexibility index (Phi) is 5.27. The van der Waals surface area contributed by atoms with E-state index in [0.717, 1.165) is 11.4 Å². The van der Waals surface area contributed by atoms with Gasteiger partial charge in [-0.05, 0) is 65.8 Å². The maximum Gasteiger partial charge on any atom is 0.188 e. The molecule has 0 spiro atoms. The Bertz CT molecular complexity index is 1490. The Morgan fingerprint density at radius 2 is 1.06 bits per heavy atom. The first-order valence-electron chi connectivity index (χ1n) is 12.1. The van der Waals surface area contributed by atoms with Crippen molar-refractivity contribution >= 4 is 36.2 Å². The molecule has 5 aromatic carbocycles. The molecule has 170 valence electrons. The summed E-state index contributed by atoms with van der Waals surface area (Å²) in [5.41, 5.74) is 9.99. The molecule has 0 aliphatic carbocycles. The van der Waals surface area contributed by atoms with Gasteiger partial charge in [-0.1, -0.05) is 91.0 Å². The van der Waals surface area contributed by atoms with Gasteiger partial charge in [0.05, 0.1) is 0 Å². The third-order valence-corrected chi connectivity index (χ3v) is 10.3. The summed E-state index contributed by atoms with van der Waals surface area (Å²) in [5.74, 6) is 0. The highest BCUT2D eigenvalue weighted by atomic mass is 28.3. The Morgan fingerprint density at radius 3 is 1.80 bits per heavy atom. The van der Waals surface area contributed by atoms with Gasteiger partial charge in [-0.3, -0.25) is 0 Å². The van der Waals surface area contributed by atoms with Crippen molar-refractivity contribution in [3.05, 3.63) is 127 Å². The number of para-hydroxylation sites is 4. The number of anilines is 4. The average molecular weight is 469 g/mol. The zero-order valence-electron chi connectivity index (χ0n) is 20.1. The number of fused-ring (bicyclic) bond motifs is 3. The normalized spacial score (nSPS) is 13.6. The van der Waals surface area contributed by atoms with Crippen LogP contribution in [0.3, 0.4) is 0 Å². The van der Waals surface area contributed by atoms with E-state index in [2.05, 4.69) is 144 Å². The molecule has 35 heavy (non-hydrogen) atoms. The minimum atomic E-state index is -2.17.